The highest BCUT2D eigenvalue weighted by molar-refractivity contribution is 5.91. The first kappa shape index (κ1) is 18.2. The molecule has 2 N–H and O–H groups in total. The predicted octanol–water partition coefficient (Wildman–Crippen LogP) is 2.32. The van der Waals surface area contributed by atoms with Gasteiger partial charge in [0.15, 0.2) is 11.6 Å². The minimum atomic E-state index is -0.198. The standard InChI is InChI=1S/C20H24N6O2/c27-20(18-8-7-16(28-18)14-25-11-3-4-12-25)22-10-2-1-9-21-19-17-6-5-13-26(17)24-15-23-19/h1-2,5-8,13,15H,3-4,9-12,14H2,(H,22,27)(H,21,23,24)/b2-1+. The van der Waals surface area contributed by atoms with E-state index >= 15 is 0 Å². The summed E-state index contributed by atoms with van der Waals surface area (Å²) in [5.41, 5.74) is 0.923. The lowest BCUT2D eigenvalue weighted by molar-refractivity contribution is 0.0927. The molecule has 4 rings (SSSR count). The van der Waals surface area contributed by atoms with Gasteiger partial charge in [-0.05, 0) is 50.2 Å². The maximum atomic E-state index is 12.2. The van der Waals surface area contributed by atoms with Gasteiger partial charge in [0.2, 0.25) is 0 Å². The molecular formula is C20H24N6O2. The molecule has 0 bridgehead atoms. The van der Waals surface area contributed by atoms with Crippen molar-refractivity contribution in [1.29, 1.82) is 0 Å². The maximum Gasteiger partial charge on any atom is 0.287 e. The van der Waals surface area contributed by atoms with E-state index in [9.17, 15) is 4.79 Å². The molecule has 0 radical (unpaired) electrons. The van der Waals surface area contributed by atoms with E-state index in [1.165, 1.54) is 19.2 Å². The second-order valence-electron chi connectivity index (χ2n) is 6.76. The van der Waals surface area contributed by atoms with Crippen molar-refractivity contribution < 1.29 is 9.21 Å². The van der Waals surface area contributed by atoms with Crippen LogP contribution >= 0.6 is 0 Å². The molecule has 1 saturated heterocycles. The number of carbonyl (C=O) groups excluding carboxylic acids is 1. The van der Waals surface area contributed by atoms with Gasteiger partial charge in [0.1, 0.15) is 17.6 Å². The minimum absolute atomic E-state index is 0.198. The number of nitrogens with one attached hydrogen (secondary N) is 2. The first-order valence-electron chi connectivity index (χ1n) is 9.56. The molecule has 8 nitrogen and oxygen atoms in total. The van der Waals surface area contributed by atoms with Crippen LogP contribution in [0.1, 0.15) is 29.2 Å². The number of fused-ring (bicyclic) bond motifs is 1. The van der Waals surface area contributed by atoms with Gasteiger partial charge in [-0.25, -0.2) is 9.50 Å². The van der Waals surface area contributed by atoms with Crippen LogP contribution in [0.2, 0.25) is 0 Å². The minimum Gasteiger partial charge on any atom is -0.455 e. The van der Waals surface area contributed by atoms with Crippen LogP contribution < -0.4 is 10.6 Å². The highest BCUT2D eigenvalue weighted by Gasteiger charge is 2.15. The van der Waals surface area contributed by atoms with E-state index in [2.05, 4.69) is 25.6 Å². The third kappa shape index (κ3) is 4.40. The topological polar surface area (TPSA) is 87.7 Å². The fourth-order valence-electron chi connectivity index (χ4n) is 3.31. The molecule has 8 heteroatoms. The van der Waals surface area contributed by atoms with Crippen LogP contribution in [0.5, 0.6) is 0 Å². The van der Waals surface area contributed by atoms with E-state index in [0.29, 0.717) is 18.8 Å². The summed E-state index contributed by atoms with van der Waals surface area (Å²) in [5.74, 6) is 1.77. The number of rotatable bonds is 8. The second-order valence-corrected chi connectivity index (χ2v) is 6.76. The van der Waals surface area contributed by atoms with Crippen LogP contribution in [0.15, 0.2) is 53.4 Å². The van der Waals surface area contributed by atoms with E-state index in [1.807, 2.05) is 36.5 Å². The quantitative estimate of drug-likeness (QED) is 0.583. The number of nitrogens with zero attached hydrogens (tertiary/aromatic N) is 4. The molecule has 4 heterocycles. The summed E-state index contributed by atoms with van der Waals surface area (Å²) in [7, 11) is 0. The number of amides is 1. The largest absolute Gasteiger partial charge is 0.455 e. The summed E-state index contributed by atoms with van der Waals surface area (Å²) >= 11 is 0. The van der Waals surface area contributed by atoms with Crippen LogP contribution in [0.3, 0.4) is 0 Å². The Hall–Kier alpha value is -3.13. The van der Waals surface area contributed by atoms with Gasteiger partial charge in [-0.2, -0.15) is 5.10 Å². The lowest BCUT2D eigenvalue weighted by atomic mass is 10.4. The number of hydrogen-bond donors (Lipinski definition) is 2. The molecular weight excluding hydrogens is 356 g/mol. The Morgan fingerprint density at radius 3 is 2.93 bits per heavy atom. The normalized spacial score (nSPS) is 14.9. The Morgan fingerprint density at radius 2 is 2.04 bits per heavy atom. The van der Waals surface area contributed by atoms with Crippen molar-refractivity contribution in [2.24, 2.45) is 0 Å². The fourth-order valence-corrected chi connectivity index (χ4v) is 3.31. The zero-order valence-electron chi connectivity index (χ0n) is 15.7. The molecule has 146 valence electrons. The van der Waals surface area contributed by atoms with E-state index in [0.717, 1.165) is 36.7 Å². The smallest absolute Gasteiger partial charge is 0.287 e. The molecule has 0 saturated carbocycles. The van der Waals surface area contributed by atoms with E-state index in [1.54, 1.807) is 10.6 Å². The van der Waals surface area contributed by atoms with Gasteiger partial charge in [-0.1, -0.05) is 12.2 Å². The second kappa shape index (κ2) is 8.71. The predicted molar refractivity (Wildman–Crippen MR) is 106 cm³/mol. The SMILES string of the molecule is O=C(NC/C=C/CNc1ncnn2cccc12)c1ccc(CN2CCCC2)o1. The van der Waals surface area contributed by atoms with Crippen LogP contribution in [0.4, 0.5) is 5.82 Å². The van der Waals surface area contributed by atoms with Crippen LogP contribution in [0.25, 0.3) is 5.52 Å². The zero-order chi connectivity index (χ0) is 19.2. The van der Waals surface area contributed by atoms with Crippen molar-refractivity contribution in [2.75, 3.05) is 31.5 Å². The van der Waals surface area contributed by atoms with Crippen molar-refractivity contribution in [1.82, 2.24) is 24.8 Å². The van der Waals surface area contributed by atoms with E-state index in [4.69, 9.17) is 4.42 Å². The zero-order valence-corrected chi connectivity index (χ0v) is 15.7. The van der Waals surface area contributed by atoms with Gasteiger partial charge < -0.3 is 15.1 Å². The van der Waals surface area contributed by atoms with Crippen molar-refractivity contribution in [3.8, 4) is 0 Å². The van der Waals surface area contributed by atoms with Crippen LogP contribution in [0, 0.1) is 0 Å². The summed E-state index contributed by atoms with van der Waals surface area (Å²) in [6, 6.07) is 7.50. The molecule has 3 aromatic heterocycles. The van der Waals surface area contributed by atoms with Crippen LogP contribution in [-0.4, -0.2) is 51.6 Å². The van der Waals surface area contributed by atoms with Gasteiger partial charge >= 0.3 is 0 Å². The Kier molecular flexibility index (Phi) is 5.67. The first-order valence-corrected chi connectivity index (χ1v) is 9.56. The van der Waals surface area contributed by atoms with Crippen molar-refractivity contribution in [3.63, 3.8) is 0 Å². The number of carbonyl (C=O) groups is 1. The third-order valence-corrected chi connectivity index (χ3v) is 4.73. The van der Waals surface area contributed by atoms with E-state index < -0.39 is 0 Å². The molecule has 0 aromatic carbocycles. The van der Waals surface area contributed by atoms with Gasteiger partial charge in [-0.15, -0.1) is 0 Å². The first-order chi connectivity index (χ1) is 13.8. The van der Waals surface area contributed by atoms with Gasteiger partial charge in [0.25, 0.3) is 5.91 Å². The lowest BCUT2D eigenvalue weighted by Crippen LogP contribution is -2.23. The maximum absolute atomic E-state index is 12.2. The highest BCUT2D eigenvalue weighted by atomic mass is 16.4. The molecule has 0 atom stereocenters. The molecule has 3 aromatic rings. The van der Waals surface area contributed by atoms with Crippen molar-refractivity contribution in [2.45, 2.75) is 19.4 Å². The average molecular weight is 380 g/mol. The molecule has 1 aliphatic heterocycles. The molecule has 0 spiro atoms. The number of anilines is 1. The summed E-state index contributed by atoms with van der Waals surface area (Å²) < 4.78 is 7.43. The number of furan rings is 1. The summed E-state index contributed by atoms with van der Waals surface area (Å²) in [5, 5.41) is 10.2. The Bertz CT molecular complexity index is 954. The Morgan fingerprint density at radius 1 is 1.18 bits per heavy atom. The average Bonchev–Trinajstić information content (AvgIpc) is 3.46. The molecule has 0 aliphatic carbocycles. The third-order valence-electron chi connectivity index (χ3n) is 4.73. The summed E-state index contributed by atoms with van der Waals surface area (Å²) in [6.07, 6.45) is 9.71. The van der Waals surface area contributed by atoms with Crippen LogP contribution in [-0.2, 0) is 6.54 Å². The van der Waals surface area contributed by atoms with Gasteiger partial charge in [-0.3, -0.25) is 9.69 Å². The molecule has 1 amide bonds. The number of hydrogen-bond acceptors (Lipinski definition) is 6. The number of likely N-dealkylation sites (tertiary alicyclic amines) is 1. The summed E-state index contributed by atoms with van der Waals surface area (Å²) in [4.78, 5) is 18.8. The van der Waals surface area contributed by atoms with Gasteiger partial charge in [0, 0.05) is 19.3 Å². The fraction of sp³-hybridized carbons (Fsp3) is 0.350. The number of aromatic nitrogens is 3. The Balaban J connectivity index is 1.20. The summed E-state index contributed by atoms with van der Waals surface area (Å²) in [6.45, 7) is 4.02. The van der Waals surface area contributed by atoms with Crippen molar-refractivity contribution in [3.05, 3.63) is 60.5 Å². The molecule has 1 aliphatic rings. The monoisotopic (exact) mass is 380 g/mol. The van der Waals surface area contributed by atoms with Gasteiger partial charge in [0.05, 0.1) is 6.54 Å². The van der Waals surface area contributed by atoms with E-state index in [-0.39, 0.29) is 5.91 Å². The molecule has 1 fully saturated rings. The van der Waals surface area contributed by atoms with Crippen molar-refractivity contribution >= 4 is 17.2 Å². The molecule has 0 unspecified atom stereocenters. The molecule has 28 heavy (non-hydrogen) atoms. The lowest BCUT2D eigenvalue weighted by Gasteiger charge is -2.11. The Labute approximate surface area is 163 Å². The highest BCUT2D eigenvalue weighted by Crippen LogP contribution is 2.15.